The Hall–Kier alpha value is -3.16. The lowest BCUT2D eigenvalue weighted by Crippen LogP contribution is -2.29. The van der Waals surface area contributed by atoms with Crippen LogP contribution < -0.4 is 16.6 Å². The predicted octanol–water partition coefficient (Wildman–Crippen LogP) is -0.0574. The quantitative estimate of drug-likeness (QED) is 0.626. The third kappa shape index (κ3) is 3.66. The fraction of sp³-hybridized carbons (Fsp3) is 0.0769. The molecule has 0 spiro atoms. The second-order valence-electron chi connectivity index (χ2n) is 4.21. The number of carboxylic acid groups (broad SMARTS) is 1. The highest BCUT2D eigenvalue weighted by Gasteiger charge is 2.11. The van der Waals surface area contributed by atoms with E-state index in [1.165, 1.54) is 6.07 Å². The van der Waals surface area contributed by atoms with Crippen molar-refractivity contribution in [3.8, 4) is 0 Å². The molecule has 4 N–H and O–H groups in total. The Morgan fingerprint density at radius 3 is 2.67 bits per heavy atom. The van der Waals surface area contributed by atoms with Gasteiger partial charge < -0.3 is 15.4 Å². The molecular formula is C13H11N3O5. The van der Waals surface area contributed by atoms with Crippen molar-refractivity contribution in [2.75, 3.05) is 5.32 Å². The number of carboxylic acids is 1. The highest BCUT2D eigenvalue weighted by Crippen LogP contribution is 2.12. The van der Waals surface area contributed by atoms with E-state index < -0.39 is 23.1 Å². The van der Waals surface area contributed by atoms with Crippen LogP contribution >= 0.6 is 0 Å². The molecule has 2 aromatic rings. The van der Waals surface area contributed by atoms with Crippen LogP contribution in [0.4, 0.5) is 5.69 Å². The summed E-state index contributed by atoms with van der Waals surface area (Å²) in [6.07, 6.45) is 0.834. The van der Waals surface area contributed by atoms with Gasteiger partial charge >= 0.3 is 11.7 Å². The van der Waals surface area contributed by atoms with E-state index in [4.69, 9.17) is 5.11 Å². The Balaban J connectivity index is 2.21. The van der Waals surface area contributed by atoms with Gasteiger partial charge in [0.25, 0.3) is 11.5 Å². The van der Waals surface area contributed by atoms with Crippen molar-refractivity contribution < 1.29 is 14.7 Å². The van der Waals surface area contributed by atoms with Crippen molar-refractivity contribution in [1.29, 1.82) is 0 Å². The molecule has 0 atom stereocenters. The van der Waals surface area contributed by atoms with Gasteiger partial charge in [-0.2, -0.15) is 0 Å². The number of rotatable bonds is 4. The Morgan fingerprint density at radius 2 is 2.00 bits per heavy atom. The van der Waals surface area contributed by atoms with E-state index in [2.05, 4.69) is 10.3 Å². The number of aliphatic carboxylic acids is 1. The molecule has 0 radical (unpaired) electrons. The maximum absolute atomic E-state index is 11.9. The van der Waals surface area contributed by atoms with Gasteiger partial charge in [0, 0.05) is 11.9 Å². The summed E-state index contributed by atoms with van der Waals surface area (Å²) in [7, 11) is 0. The van der Waals surface area contributed by atoms with E-state index >= 15 is 0 Å². The van der Waals surface area contributed by atoms with Gasteiger partial charge in [0.05, 0.1) is 6.42 Å². The second kappa shape index (κ2) is 5.87. The topological polar surface area (TPSA) is 132 Å². The van der Waals surface area contributed by atoms with Gasteiger partial charge in [0.15, 0.2) is 0 Å². The zero-order chi connectivity index (χ0) is 15.4. The molecule has 2 rings (SSSR count). The number of benzene rings is 1. The number of nitrogens with one attached hydrogen (secondary N) is 3. The zero-order valence-corrected chi connectivity index (χ0v) is 10.7. The molecule has 1 aromatic carbocycles. The molecule has 0 aliphatic rings. The SMILES string of the molecule is O=C(O)Cc1cccc(NC(=O)c2c[nH]c(=O)[nH]c2=O)c1. The first-order valence-electron chi connectivity index (χ1n) is 5.90. The Kier molecular flexibility index (Phi) is 3.98. The van der Waals surface area contributed by atoms with Crippen molar-refractivity contribution in [3.63, 3.8) is 0 Å². The van der Waals surface area contributed by atoms with Crippen molar-refractivity contribution in [2.45, 2.75) is 6.42 Å². The lowest BCUT2D eigenvalue weighted by atomic mass is 10.1. The Labute approximate surface area is 117 Å². The average molecular weight is 289 g/mol. The lowest BCUT2D eigenvalue weighted by Gasteiger charge is -2.06. The zero-order valence-electron chi connectivity index (χ0n) is 10.7. The molecule has 0 unspecified atom stereocenters. The minimum Gasteiger partial charge on any atom is -0.481 e. The van der Waals surface area contributed by atoms with Gasteiger partial charge in [-0.1, -0.05) is 12.1 Å². The number of H-pyrrole nitrogens is 2. The van der Waals surface area contributed by atoms with Crippen LogP contribution in [-0.4, -0.2) is 27.0 Å². The third-order valence-electron chi connectivity index (χ3n) is 2.60. The summed E-state index contributed by atoms with van der Waals surface area (Å²) < 4.78 is 0. The monoisotopic (exact) mass is 289 g/mol. The summed E-state index contributed by atoms with van der Waals surface area (Å²) in [5.41, 5.74) is -0.906. The third-order valence-corrected chi connectivity index (χ3v) is 2.60. The Bertz CT molecular complexity index is 806. The number of aromatic amines is 2. The van der Waals surface area contributed by atoms with Crippen LogP contribution in [0.2, 0.25) is 0 Å². The van der Waals surface area contributed by atoms with E-state index in [9.17, 15) is 19.2 Å². The van der Waals surface area contributed by atoms with Crippen LogP contribution in [0.3, 0.4) is 0 Å². The largest absolute Gasteiger partial charge is 0.481 e. The molecule has 0 aliphatic heterocycles. The van der Waals surface area contributed by atoms with Crippen LogP contribution in [0.15, 0.2) is 40.1 Å². The summed E-state index contributed by atoms with van der Waals surface area (Å²) in [6, 6.07) is 6.25. The number of carbonyl (C=O) groups excluding carboxylic acids is 1. The van der Waals surface area contributed by atoms with E-state index in [1.807, 2.05) is 4.98 Å². The van der Waals surface area contributed by atoms with Gasteiger partial charge in [0.2, 0.25) is 0 Å². The number of amides is 1. The average Bonchev–Trinajstić information content (AvgIpc) is 2.37. The summed E-state index contributed by atoms with van der Waals surface area (Å²) in [5, 5.41) is 11.2. The van der Waals surface area contributed by atoms with E-state index in [-0.39, 0.29) is 12.0 Å². The summed E-state index contributed by atoms with van der Waals surface area (Å²) in [4.78, 5) is 49.0. The first-order chi connectivity index (χ1) is 9.95. The minimum absolute atomic E-state index is 0.178. The fourth-order valence-electron chi connectivity index (χ4n) is 1.71. The van der Waals surface area contributed by atoms with Gasteiger partial charge in [-0.25, -0.2) is 4.79 Å². The molecule has 8 heteroatoms. The van der Waals surface area contributed by atoms with Gasteiger partial charge in [-0.15, -0.1) is 0 Å². The molecule has 0 bridgehead atoms. The van der Waals surface area contributed by atoms with Crippen molar-refractivity contribution >= 4 is 17.6 Å². The van der Waals surface area contributed by atoms with Crippen LogP contribution in [0.5, 0.6) is 0 Å². The first-order valence-corrected chi connectivity index (χ1v) is 5.90. The lowest BCUT2D eigenvalue weighted by molar-refractivity contribution is -0.136. The fourth-order valence-corrected chi connectivity index (χ4v) is 1.71. The minimum atomic E-state index is -0.990. The molecule has 1 aromatic heterocycles. The summed E-state index contributed by atoms with van der Waals surface area (Å²) in [6.45, 7) is 0. The van der Waals surface area contributed by atoms with Crippen LogP contribution in [0.1, 0.15) is 15.9 Å². The molecule has 1 amide bonds. The summed E-state index contributed by atoms with van der Waals surface area (Å²) in [5.74, 6) is -1.70. The van der Waals surface area contributed by atoms with Gasteiger partial charge in [0.1, 0.15) is 5.56 Å². The molecule has 108 valence electrons. The molecular weight excluding hydrogens is 278 g/mol. The van der Waals surface area contributed by atoms with Crippen molar-refractivity contribution in [1.82, 2.24) is 9.97 Å². The van der Waals surface area contributed by atoms with Crippen molar-refractivity contribution in [3.05, 3.63) is 62.4 Å². The number of hydrogen-bond donors (Lipinski definition) is 4. The molecule has 0 fully saturated rings. The Morgan fingerprint density at radius 1 is 1.24 bits per heavy atom. The standard InChI is InChI=1S/C13H11N3O5/c17-10(18)5-7-2-1-3-8(4-7)15-11(19)9-6-14-13(21)16-12(9)20/h1-4,6H,5H2,(H,15,19)(H,17,18)(H2,14,16,20,21). The van der Waals surface area contributed by atoms with E-state index in [0.29, 0.717) is 11.3 Å². The van der Waals surface area contributed by atoms with E-state index in [1.54, 1.807) is 18.2 Å². The number of hydrogen-bond acceptors (Lipinski definition) is 4. The normalized spacial score (nSPS) is 10.1. The maximum atomic E-state index is 11.9. The van der Waals surface area contributed by atoms with Crippen LogP contribution in [-0.2, 0) is 11.2 Å². The van der Waals surface area contributed by atoms with Crippen molar-refractivity contribution in [2.24, 2.45) is 0 Å². The first kappa shape index (κ1) is 14.3. The van der Waals surface area contributed by atoms with Gasteiger partial charge in [-0.3, -0.25) is 19.4 Å². The van der Waals surface area contributed by atoms with Crippen LogP contribution in [0.25, 0.3) is 0 Å². The van der Waals surface area contributed by atoms with Gasteiger partial charge in [-0.05, 0) is 17.7 Å². The van der Waals surface area contributed by atoms with Crippen LogP contribution in [0, 0.1) is 0 Å². The highest BCUT2D eigenvalue weighted by atomic mass is 16.4. The molecule has 8 nitrogen and oxygen atoms in total. The number of carbonyl (C=O) groups is 2. The molecule has 0 aliphatic carbocycles. The molecule has 0 saturated heterocycles. The number of anilines is 1. The highest BCUT2D eigenvalue weighted by molar-refractivity contribution is 6.03. The van der Waals surface area contributed by atoms with E-state index in [0.717, 1.165) is 6.20 Å². The number of aromatic nitrogens is 2. The smallest absolute Gasteiger partial charge is 0.325 e. The second-order valence-corrected chi connectivity index (χ2v) is 4.21. The summed E-state index contributed by atoms with van der Waals surface area (Å²) >= 11 is 0. The predicted molar refractivity (Wildman–Crippen MR) is 73.4 cm³/mol. The molecule has 0 saturated carbocycles. The maximum Gasteiger partial charge on any atom is 0.325 e. The molecule has 21 heavy (non-hydrogen) atoms. The molecule has 1 heterocycles.